The van der Waals surface area contributed by atoms with Gasteiger partial charge in [0.15, 0.2) is 0 Å². The highest BCUT2D eigenvalue weighted by molar-refractivity contribution is 5.95. The molecule has 0 radical (unpaired) electrons. The second-order valence-electron chi connectivity index (χ2n) is 2.94. The Bertz CT molecular complexity index is 395. The Kier molecular flexibility index (Phi) is 3.33. The quantitative estimate of drug-likeness (QED) is 0.680. The summed E-state index contributed by atoms with van der Waals surface area (Å²) in [6.07, 6.45) is 0. The van der Waals surface area contributed by atoms with E-state index in [0.29, 0.717) is 0 Å². The molecule has 1 heterocycles. The highest BCUT2D eigenvalue weighted by atomic mass is 19.1. The van der Waals surface area contributed by atoms with E-state index in [1.54, 1.807) is 0 Å². The van der Waals surface area contributed by atoms with Crippen molar-refractivity contribution in [3.05, 3.63) is 29.8 Å². The fourth-order valence-electron chi connectivity index (χ4n) is 0.876. The van der Waals surface area contributed by atoms with Gasteiger partial charge < -0.3 is 11.1 Å². The number of aromatic nitrogens is 1. The SMILES string of the molecule is CC(NC(=O)c1cccc(F)n1)C(N)=O. The minimum absolute atomic E-state index is 0.0944. The topological polar surface area (TPSA) is 85.1 Å². The molecule has 0 fully saturated rings. The molecule has 0 aliphatic rings. The maximum atomic E-state index is 12.6. The lowest BCUT2D eigenvalue weighted by atomic mass is 10.3. The Morgan fingerprint density at radius 2 is 2.20 bits per heavy atom. The van der Waals surface area contributed by atoms with E-state index in [2.05, 4.69) is 10.3 Å². The zero-order valence-electron chi connectivity index (χ0n) is 8.03. The van der Waals surface area contributed by atoms with Crippen molar-refractivity contribution in [3.63, 3.8) is 0 Å². The maximum Gasteiger partial charge on any atom is 0.270 e. The molecule has 0 saturated carbocycles. The first-order valence-corrected chi connectivity index (χ1v) is 4.23. The molecule has 0 aromatic carbocycles. The maximum absolute atomic E-state index is 12.6. The molecule has 0 aliphatic heterocycles. The summed E-state index contributed by atoms with van der Waals surface area (Å²) in [6, 6.07) is 3.00. The van der Waals surface area contributed by atoms with Crippen molar-refractivity contribution in [2.75, 3.05) is 0 Å². The Balaban J connectivity index is 2.73. The van der Waals surface area contributed by atoms with E-state index in [1.807, 2.05) is 0 Å². The molecule has 0 spiro atoms. The van der Waals surface area contributed by atoms with Gasteiger partial charge in [-0.25, -0.2) is 4.98 Å². The normalized spacial score (nSPS) is 11.9. The molecule has 0 bridgehead atoms. The van der Waals surface area contributed by atoms with Crippen LogP contribution in [0.3, 0.4) is 0 Å². The van der Waals surface area contributed by atoms with E-state index in [0.717, 1.165) is 6.07 Å². The van der Waals surface area contributed by atoms with Crippen molar-refractivity contribution in [3.8, 4) is 0 Å². The number of primary amides is 1. The van der Waals surface area contributed by atoms with Crippen molar-refractivity contribution in [1.29, 1.82) is 0 Å². The van der Waals surface area contributed by atoms with Crippen molar-refractivity contribution in [1.82, 2.24) is 10.3 Å². The lowest BCUT2D eigenvalue weighted by Gasteiger charge is -2.09. The van der Waals surface area contributed by atoms with Gasteiger partial charge in [-0.1, -0.05) is 6.07 Å². The van der Waals surface area contributed by atoms with Gasteiger partial charge in [-0.05, 0) is 19.1 Å². The lowest BCUT2D eigenvalue weighted by molar-refractivity contribution is -0.119. The molecule has 1 rings (SSSR count). The van der Waals surface area contributed by atoms with Gasteiger partial charge >= 0.3 is 0 Å². The predicted molar refractivity (Wildman–Crippen MR) is 50.3 cm³/mol. The highest BCUT2D eigenvalue weighted by Crippen LogP contribution is 1.98. The Morgan fingerprint density at radius 1 is 1.53 bits per heavy atom. The second kappa shape index (κ2) is 4.50. The summed E-state index contributed by atoms with van der Waals surface area (Å²) in [5.74, 6) is -2.06. The van der Waals surface area contributed by atoms with Crippen LogP contribution >= 0.6 is 0 Å². The minimum Gasteiger partial charge on any atom is -0.368 e. The van der Waals surface area contributed by atoms with Gasteiger partial charge in [-0.15, -0.1) is 0 Å². The van der Waals surface area contributed by atoms with Gasteiger partial charge in [0.2, 0.25) is 11.9 Å². The average molecular weight is 211 g/mol. The molecule has 6 heteroatoms. The molecule has 2 amide bonds. The van der Waals surface area contributed by atoms with E-state index in [1.165, 1.54) is 19.1 Å². The van der Waals surface area contributed by atoms with E-state index in [9.17, 15) is 14.0 Å². The van der Waals surface area contributed by atoms with Crippen LogP contribution in [0.1, 0.15) is 17.4 Å². The number of pyridine rings is 1. The number of nitrogens with zero attached hydrogens (tertiary/aromatic N) is 1. The fraction of sp³-hybridized carbons (Fsp3) is 0.222. The van der Waals surface area contributed by atoms with Crippen molar-refractivity contribution in [2.45, 2.75) is 13.0 Å². The summed E-state index contributed by atoms with van der Waals surface area (Å²) in [7, 11) is 0. The molecule has 80 valence electrons. The summed E-state index contributed by atoms with van der Waals surface area (Å²) in [6.45, 7) is 1.43. The first kappa shape index (κ1) is 11.1. The van der Waals surface area contributed by atoms with Gasteiger partial charge in [-0.2, -0.15) is 4.39 Å². The zero-order chi connectivity index (χ0) is 11.4. The summed E-state index contributed by atoms with van der Waals surface area (Å²) in [4.78, 5) is 25.4. The van der Waals surface area contributed by atoms with Crippen LogP contribution in [0, 0.1) is 5.95 Å². The summed E-state index contributed by atoms with van der Waals surface area (Å²) in [5.41, 5.74) is 4.85. The van der Waals surface area contributed by atoms with Crippen LogP contribution < -0.4 is 11.1 Å². The molecule has 0 aliphatic carbocycles. The van der Waals surface area contributed by atoms with E-state index in [-0.39, 0.29) is 5.69 Å². The number of rotatable bonds is 3. The summed E-state index contributed by atoms with van der Waals surface area (Å²) < 4.78 is 12.6. The average Bonchev–Trinajstić information content (AvgIpc) is 2.17. The van der Waals surface area contributed by atoms with Crippen LogP contribution in [-0.4, -0.2) is 22.8 Å². The second-order valence-corrected chi connectivity index (χ2v) is 2.94. The third-order valence-electron chi connectivity index (χ3n) is 1.72. The highest BCUT2D eigenvalue weighted by Gasteiger charge is 2.14. The molecule has 15 heavy (non-hydrogen) atoms. The molecule has 0 saturated heterocycles. The lowest BCUT2D eigenvalue weighted by Crippen LogP contribution is -2.42. The third kappa shape index (κ3) is 3.01. The van der Waals surface area contributed by atoms with Gasteiger partial charge in [0.25, 0.3) is 5.91 Å². The molecule has 1 aromatic rings. The number of halogens is 1. The number of nitrogens with two attached hydrogens (primary N) is 1. The molecule has 1 atom stereocenters. The van der Waals surface area contributed by atoms with Crippen LogP contribution in [-0.2, 0) is 4.79 Å². The van der Waals surface area contributed by atoms with Gasteiger partial charge in [-0.3, -0.25) is 9.59 Å². The zero-order valence-corrected chi connectivity index (χ0v) is 8.03. The Morgan fingerprint density at radius 3 is 2.73 bits per heavy atom. The molecule has 1 aromatic heterocycles. The van der Waals surface area contributed by atoms with Crippen molar-refractivity contribution >= 4 is 11.8 Å². The molecule has 5 nitrogen and oxygen atoms in total. The number of carbonyl (C=O) groups is 2. The van der Waals surface area contributed by atoms with Crippen LogP contribution in [0.25, 0.3) is 0 Å². The van der Waals surface area contributed by atoms with Gasteiger partial charge in [0, 0.05) is 0 Å². The Labute approximate surface area is 85.5 Å². The first-order chi connectivity index (χ1) is 7.00. The van der Waals surface area contributed by atoms with Crippen LogP contribution in [0.15, 0.2) is 18.2 Å². The third-order valence-corrected chi connectivity index (χ3v) is 1.72. The van der Waals surface area contributed by atoms with Crippen LogP contribution in [0.2, 0.25) is 0 Å². The molecule has 3 N–H and O–H groups in total. The van der Waals surface area contributed by atoms with Crippen LogP contribution in [0.4, 0.5) is 4.39 Å². The monoisotopic (exact) mass is 211 g/mol. The standard InChI is InChI=1S/C9H10FN3O2/c1-5(8(11)14)12-9(15)6-3-2-4-7(10)13-6/h2-5H,1H3,(H2,11,14)(H,12,15). The number of amides is 2. The van der Waals surface area contributed by atoms with E-state index in [4.69, 9.17) is 5.73 Å². The number of hydrogen-bond donors (Lipinski definition) is 2. The first-order valence-electron chi connectivity index (χ1n) is 4.23. The van der Waals surface area contributed by atoms with Crippen LogP contribution in [0.5, 0.6) is 0 Å². The summed E-state index contributed by atoms with van der Waals surface area (Å²) >= 11 is 0. The largest absolute Gasteiger partial charge is 0.368 e. The van der Waals surface area contributed by atoms with Gasteiger partial charge in [0.05, 0.1) is 0 Å². The van der Waals surface area contributed by atoms with Crippen molar-refractivity contribution in [2.24, 2.45) is 5.73 Å². The van der Waals surface area contributed by atoms with E-state index >= 15 is 0 Å². The minimum atomic E-state index is -0.817. The molecular formula is C9H10FN3O2. The molecule has 1 unspecified atom stereocenters. The number of hydrogen-bond acceptors (Lipinski definition) is 3. The Hall–Kier alpha value is -1.98. The number of carbonyl (C=O) groups excluding carboxylic acids is 2. The predicted octanol–water partition coefficient (Wildman–Crippen LogP) is -0.176. The fourth-order valence-corrected chi connectivity index (χ4v) is 0.876. The van der Waals surface area contributed by atoms with Crippen molar-refractivity contribution < 1.29 is 14.0 Å². The van der Waals surface area contributed by atoms with Gasteiger partial charge in [0.1, 0.15) is 11.7 Å². The summed E-state index contributed by atoms with van der Waals surface area (Å²) in [5, 5.41) is 2.28. The smallest absolute Gasteiger partial charge is 0.270 e. The van der Waals surface area contributed by atoms with E-state index < -0.39 is 23.8 Å². The number of nitrogens with one attached hydrogen (secondary N) is 1. The molecular weight excluding hydrogens is 201 g/mol.